The van der Waals surface area contributed by atoms with Crippen LogP contribution in [0.15, 0.2) is 65.8 Å². The molecule has 4 aromatic rings. The highest BCUT2D eigenvalue weighted by atomic mass is 32.2. The van der Waals surface area contributed by atoms with E-state index in [0.717, 1.165) is 27.8 Å². The van der Waals surface area contributed by atoms with E-state index in [-0.39, 0.29) is 24.3 Å². The summed E-state index contributed by atoms with van der Waals surface area (Å²) in [5.74, 6) is 7.53. The summed E-state index contributed by atoms with van der Waals surface area (Å²) in [6, 6.07) is 20.2. The summed E-state index contributed by atoms with van der Waals surface area (Å²) in [7, 11) is 0. The maximum atomic E-state index is 12.5. The van der Waals surface area contributed by atoms with E-state index in [4.69, 9.17) is 10.6 Å². The normalized spacial score (nSPS) is 12.0. The van der Waals surface area contributed by atoms with E-state index in [9.17, 15) is 4.79 Å². The smallest absolute Gasteiger partial charge is 0.230 e. The molecular formula is C25H27N5O2S. The minimum atomic E-state index is -0.111. The quantitative estimate of drug-likeness (QED) is 0.300. The first-order valence-electron chi connectivity index (χ1n) is 10.7. The first-order valence-corrected chi connectivity index (χ1v) is 11.7. The van der Waals surface area contributed by atoms with E-state index in [0.29, 0.717) is 11.0 Å². The minimum absolute atomic E-state index is 0.100. The number of carbonyl (C=O) groups is 1. The third kappa shape index (κ3) is 5.28. The van der Waals surface area contributed by atoms with E-state index < -0.39 is 0 Å². The monoisotopic (exact) mass is 461 g/mol. The van der Waals surface area contributed by atoms with E-state index in [2.05, 4.69) is 39.8 Å². The van der Waals surface area contributed by atoms with Gasteiger partial charge in [0, 0.05) is 0 Å². The summed E-state index contributed by atoms with van der Waals surface area (Å²) in [6.07, 6.45) is 0. The van der Waals surface area contributed by atoms with Gasteiger partial charge in [0.2, 0.25) is 11.1 Å². The Morgan fingerprint density at radius 3 is 2.55 bits per heavy atom. The van der Waals surface area contributed by atoms with Gasteiger partial charge in [-0.25, -0.2) is 4.68 Å². The van der Waals surface area contributed by atoms with Crippen molar-refractivity contribution < 1.29 is 9.53 Å². The summed E-state index contributed by atoms with van der Waals surface area (Å²) < 4.78 is 7.29. The van der Waals surface area contributed by atoms with Crippen LogP contribution in [0.25, 0.3) is 10.8 Å². The number of thioether (sulfide) groups is 1. The van der Waals surface area contributed by atoms with Crippen molar-refractivity contribution in [2.45, 2.75) is 38.6 Å². The van der Waals surface area contributed by atoms with Gasteiger partial charge in [-0.15, -0.1) is 10.2 Å². The highest BCUT2D eigenvalue weighted by Crippen LogP contribution is 2.24. The molecule has 1 aromatic heterocycles. The molecule has 0 aliphatic rings. The molecule has 0 saturated carbocycles. The Morgan fingerprint density at radius 1 is 1.06 bits per heavy atom. The number of nitrogen functional groups attached to an aromatic ring is 1. The SMILES string of the molecule is Cc1cccc(C)c1OCc1nnc(SCC(=O)NC(C)c2ccc3ccccc3c2)n1N. The minimum Gasteiger partial charge on any atom is -0.485 e. The molecule has 1 heterocycles. The highest BCUT2D eigenvalue weighted by molar-refractivity contribution is 7.99. The van der Waals surface area contributed by atoms with Gasteiger partial charge in [-0.1, -0.05) is 66.4 Å². The maximum Gasteiger partial charge on any atom is 0.230 e. The van der Waals surface area contributed by atoms with Gasteiger partial charge < -0.3 is 15.9 Å². The van der Waals surface area contributed by atoms with Crippen LogP contribution < -0.4 is 15.9 Å². The van der Waals surface area contributed by atoms with Crippen LogP contribution in [0.5, 0.6) is 5.75 Å². The van der Waals surface area contributed by atoms with Crippen LogP contribution >= 0.6 is 11.8 Å². The van der Waals surface area contributed by atoms with Gasteiger partial charge in [-0.2, -0.15) is 0 Å². The lowest BCUT2D eigenvalue weighted by Gasteiger charge is -2.15. The third-order valence-electron chi connectivity index (χ3n) is 5.47. The second-order valence-electron chi connectivity index (χ2n) is 7.96. The van der Waals surface area contributed by atoms with Crippen molar-refractivity contribution >= 4 is 28.4 Å². The number of para-hydroxylation sites is 1. The molecule has 0 radical (unpaired) electrons. The lowest BCUT2D eigenvalue weighted by Crippen LogP contribution is -2.28. The van der Waals surface area contributed by atoms with Crippen LogP contribution in [0, 0.1) is 13.8 Å². The summed E-state index contributed by atoms with van der Waals surface area (Å²) in [6.45, 7) is 6.16. The van der Waals surface area contributed by atoms with Gasteiger partial charge in [0.25, 0.3) is 0 Å². The Balaban J connectivity index is 1.32. The number of nitrogens with one attached hydrogen (secondary N) is 1. The molecule has 0 spiro atoms. The molecule has 1 unspecified atom stereocenters. The largest absolute Gasteiger partial charge is 0.485 e. The van der Waals surface area contributed by atoms with Gasteiger partial charge >= 0.3 is 0 Å². The Hall–Kier alpha value is -3.52. The lowest BCUT2D eigenvalue weighted by atomic mass is 10.0. The summed E-state index contributed by atoms with van der Waals surface area (Å²) in [5.41, 5.74) is 3.15. The number of aromatic nitrogens is 3. The zero-order valence-electron chi connectivity index (χ0n) is 18.9. The molecule has 33 heavy (non-hydrogen) atoms. The number of rotatable bonds is 8. The molecule has 170 valence electrons. The predicted octanol–water partition coefficient (Wildman–Crippen LogP) is 4.31. The fourth-order valence-electron chi connectivity index (χ4n) is 3.64. The number of nitrogens with zero attached hydrogens (tertiary/aromatic N) is 3. The van der Waals surface area contributed by atoms with E-state index in [1.807, 2.05) is 57.2 Å². The van der Waals surface area contributed by atoms with Gasteiger partial charge in [-0.05, 0) is 54.3 Å². The number of benzene rings is 3. The fourth-order valence-corrected chi connectivity index (χ4v) is 4.33. The average molecular weight is 462 g/mol. The molecule has 4 rings (SSSR count). The van der Waals surface area contributed by atoms with Crippen molar-refractivity contribution in [3.8, 4) is 5.75 Å². The van der Waals surface area contributed by atoms with Crippen molar-refractivity contribution in [2.75, 3.05) is 11.6 Å². The number of ether oxygens (including phenoxy) is 1. The van der Waals surface area contributed by atoms with Crippen LogP contribution in [0.1, 0.15) is 35.5 Å². The standard InChI is InChI=1S/C25H27N5O2S/c1-16-7-6-8-17(2)24(16)32-14-22-28-29-25(30(22)26)33-15-23(31)27-18(3)20-12-11-19-9-4-5-10-21(19)13-20/h4-13,18H,14-15,26H2,1-3H3,(H,27,31). The second kappa shape index (κ2) is 9.95. The van der Waals surface area contributed by atoms with Crippen molar-refractivity contribution in [3.05, 3.63) is 83.2 Å². The molecular weight excluding hydrogens is 434 g/mol. The Morgan fingerprint density at radius 2 is 1.79 bits per heavy atom. The molecule has 7 nitrogen and oxygen atoms in total. The summed E-state index contributed by atoms with van der Waals surface area (Å²) >= 11 is 1.24. The van der Waals surface area contributed by atoms with E-state index >= 15 is 0 Å². The topological polar surface area (TPSA) is 95.1 Å². The number of carbonyl (C=O) groups excluding carboxylic acids is 1. The van der Waals surface area contributed by atoms with Crippen LogP contribution in [-0.2, 0) is 11.4 Å². The summed E-state index contributed by atoms with van der Waals surface area (Å²) in [4.78, 5) is 12.5. The van der Waals surface area contributed by atoms with Gasteiger partial charge in [-0.3, -0.25) is 4.79 Å². The summed E-state index contributed by atoms with van der Waals surface area (Å²) in [5, 5.41) is 14.0. The predicted molar refractivity (Wildman–Crippen MR) is 132 cm³/mol. The van der Waals surface area contributed by atoms with Crippen LogP contribution in [0.4, 0.5) is 0 Å². The van der Waals surface area contributed by atoms with Gasteiger partial charge in [0.1, 0.15) is 12.4 Å². The van der Waals surface area contributed by atoms with Crippen LogP contribution in [0.2, 0.25) is 0 Å². The molecule has 0 aliphatic carbocycles. The number of aryl methyl sites for hydroxylation is 2. The van der Waals surface area contributed by atoms with Gasteiger partial charge in [0.05, 0.1) is 11.8 Å². The molecule has 0 aliphatic heterocycles. The Bertz CT molecular complexity index is 1270. The molecule has 0 bridgehead atoms. The lowest BCUT2D eigenvalue weighted by molar-refractivity contribution is -0.119. The molecule has 0 fully saturated rings. The van der Waals surface area contributed by atoms with Gasteiger partial charge in [0.15, 0.2) is 5.82 Å². The third-order valence-corrected chi connectivity index (χ3v) is 6.42. The molecule has 0 saturated heterocycles. The van der Waals surface area contributed by atoms with Crippen molar-refractivity contribution in [2.24, 2.45) is 0 Å². The number of nitrogens with two attached hydrogens (primary N) is 1. The van der Waals surface area contributed by atoms with Crippen molar-refractivity contribution in [1.82, 2.24) is 20.2 Å². The molecule has 1 amide bonds. The Labute approximate surface area is 197 Å². The molecule has 8 heteroatoms. The second-order valence-corrected chi connectivity index (χ2v) is 8.91. The number of fused-ring (bicyclic) bond motifs is 1. The zero-order chi connectivity index (χ0) is 23.4. The van der Waals surface area contributed by atoms with E-state index in [1.54, 1.807) is 0 Å². The first-order chi connectivity index (χ1) is 15.9. The fraction of sp³-hybridized carbons (Fsp3) is 0.240. The van der Waals surface area contributed by atoms with Crippen LogP contribution in [-0.4, -0.2) is 26.5 Å². The highest BCUT2D eigenvalue weighted by Gasteiger charge is 2.15. The zero-order valence-corrected chi connectivity index (χ0v) is 19.7. The molecule has 3 aromatic carbocycles. The van der Waals surface area contributed by atoms with Crippen molar-refractivity contribution in [1.29, 1.82) is 0 Å². The number of hydrogen-bond donors (Lipinski definition) is 2. The average Bonchev–Trinajstić information content (AvgIpc) is 3.16. The van der Waals surface area contributed by atoms with E-state index in [1.165, 1.54) is 21.8 Å². The Kier molecular flexibility index (Phi) is 6.84. The molecule has 3 N–H and O–H groups in total. The first kappa shape index (κ1) is 22.7. The van der Waals surface area contributed by atoms with Crippen LogP contribution in [0.3, 0.4) is 0 Å². The number of amides is 1. The van der Waals surface area contributed by atoms with Crippen molar-refractivity contribution in [3.63, 3.8) is 0 Å². The maximum absolute atomic E-state index is 12.5. The molecule has 1 atom stereocenters. The number of hydrogen-bond acceptors (Lipinski definition) is 6.